The van der Waals surface area contributed by atoms with Crippen molar-refractivity contribution in [3.63, 3.8) is 0 Å². The van der Waals surface area contributed by atoms with Crippen molar-refractivity contribution in [2.75, 3.05) is 20.6 Å². The molecule has 84 valence electrons. The van der Waals surface area contributed by atoms with E-state index in [9.17, 15) is 0 Å². The van der Waals surface area contributed by atoms with Gasteiger partial charge in [-0.1, -0.05) is 26.2 Å². The zero-order valence-corrected chi connectivity index (χ0v) is 10.00. The fourth-order valence-electron chi connectivity index (χ4n) is 2.66. The summed E-state index contributed by atoms with van der Waals surface area (Å²) in [5, 5.41) is 0. The molecule has 0 aromatic heterocycles. The Balaban J connectivity index is 2.35. The lowest BCUT2D eigenvalue weighted by Crippen LogP contribution is -2.41. The SMILES string of the molecule is CCC1CCCC(C(N)CN(C)C)C1. The van der Waals surface area contributed by atoms with Gasteiger partial charge in [-0.25, -0.2) is 0 Å². The van der Waals surface area contributed by atoms with Gasteiger partial charge in [-0.3, -0.25) is 0 Å². The van der Waals surface area contributed by atoms with Crippen molar-refractivity contribution in [1.29, 1.82) is 0 Å². The van der Waals surface area contributed by atoms with Gasteiger partial charge in [0.2, 0.25) is 0 Å². The molecule has 1 saturated carbocycles. The van der Waals surface area contributed by atoms with E-state index in [1.54, 1.807) is 0 Å². The predicted molar refractivity (Wildman–Crippen MR) is 62.3 cm³/mol. The Morgan fingerprint density at radius 1 is 1.36 bits per heavy atom. The Morgan fingerprint density at radius 3 is 2.64 bits per heavy atom. The maximum absolute atomic E-state index is 6.22. The first kappa shape index (κ1) is 12.0. The maximum atomic E-state index is 6.22. The molecule has 14 heavy (non-hydrogen) atoms. The highest BCUT2D eigenvalue weighted by Gasteiger charge is 2.25. The Hall–Kier alpha value is -0.0800. The first-order valence-corrected chi connectivity index (χ1v) is 6.03. The standard InChI is InChI=1S/C12H26N2/c1-4-10-6-5-7-11(8-10)12(13)9-14(2)3/h10-12H,4-9,13H2,1-3H3. The molecule has 0 heterocycles. The van der Waals surface area contributed by atoms with Gasteiger partial charge in [0.1, 0.15) is 0 Å². The Kier molecular flexibility index (Phi) is 4.90. The van der Waals surface area contributed by atoms with E-state index in [-0.39, 0.29) is 0 Å². The minimum atomic E-state index is 0.388. The molecule has 0 aromatic rings. The molecule has 1 aliphatic rings. The summed E-state index contributed by atoms with van der Waals surface area (Å²) < 4.78 is 0. The van der Waals surface area contributed by atoms with Crippen LogP contribution in [0.5, 0.6) is 0 Å². The Labute approximate surface area is 88.8 Å². The van der Waals surface area contributed by atoms with Crippen LogP contribution in [0.1, 0.15) is 39.0 Å². The van der Waals surface area contributed by atoms with Gasteiger partial charge in [-0.05, 0) is 38.8 Å². The smallest absolute Gasteiger partial charge is 0.0196 e. The molecule has 0 bridgehead atoms. The molecule has 0 saturated heterocycles. The maximum Gasteiger partial charge on any atom is 0.0196 e. The molecule has 0 amide bonds. The number of rotatable bonds is 4. The molecule has 0 radical (unpaired) electrons. The molecule has 0 spiro atoms. The summed E-state index contributed by atoms with van der Waals surface area (Å²) in [5.74, 6) is 1.72. The van der Waals surface area contributed by atoms with E-state index in [4.69, 9.17) is 5.73 Å². The number of nitrogens with zero attached hydrogens (tertiary/aromatic N) is 1. The van der Waals surface area contributed by atoms with Crippen LogP contribution in [0.25, 0.3) is 0 Å². The third-order valence-electron chi connectivity index (χ3n) is 3.58. The number of hydrogen-bond donors (Lipinski definition) is 1. The van der Waals surface area contributed by atoms with Crippen LogP contribution in [-0.4, -0.2) is 31.6 Å². The second-order valence-electron chi connectivity index (χ2n) is 5.13. The summed E-state index contributed by atoms with van der Waals surface area (Å²) in [5.41, 5.74) is 6.22. The molecule has 1 aliphatic carbocycles. The van der Waals surface area contributed by atoms with Crippen molar-refractivity contribution < 1.29 is 0 Å². The van der Waals surface area contributed by atoms with Gasteiger partial charge >= 0.3 is 0 Å². The zero-order chi connectivity index (χ0) is 10.6. The van der Waals surface area contributed by atoms with Crippen LogP contribution in [0.15, 0.2) is 0 Å². The van der Waals surface area contributed by atoms with Gasteiger partial charge in [-0.2, -0.15) is 0 Å². The zero-order valence-electron chi connectivity index (χ0n) is 10.00. The van der Waals surface area contributed by atoms with Crippen molar-refractivity contribution in [2.24, 2.45) is 17.6 Å². The molecule has 1 fully saturated rings. The van der Waals surface area contributed by atoms with E-state index in [2.05, 4.69) is 25.9 Å². The Bertz CT molecular complexity index is 156. The van der Waals surface area contributed by atoms with E-state index in [1.165, 1.54) is 32.1 Å². The van der Waals surface area contributed by atoms with Crippen molar-refractivity contribution in [1.82, 2.24) is 4.90 Å². The van der Waals surface area contributed by atoms with Crippen LogP contribution < -0.4 is 5.73 Å². The minimum absolute atomic E-state index is 0.388. The van der Waals surface area contributed by atoms with E-state index < -0.39 is 0 Å². The Morgan fingerprint density at radius 2 is 2.07 bits per heavy atom. The molecular formula is C12H26N2. The first-order valence-electron chi connectivity index (χ1n) is 6.03. The lowest BCUT2D eigenvalue weighted by molar-refractivity contribution is 0.205. The largest absolute Gasteiger partial charge is 0.326 e. The average Bonchev–Trinajstić information content (AvgIpc) is 2.17. The molecule has 3 unspecified atom stereocenters. The van der Waals surface area contributed by atoms with E-state index in [0.717, 1.165) is 18.4 Å². The van der Waals surface area contributed by atoms with Gasteiger partial charge in [-0.15, -0.1) is 0 Å². The quantitative estimate of drug-likeness (QED) is 0.749. The lowest BCUT2D eigenvalue weighted by atomic mass is 9.77. The molecule has 1 rings (SSSR count). The van der Waals surface area contributed by atoms with Crippen LogP contribution in [-0.2, 0) is 0 Å². The van der Waals surface area contributed by atoms with E-state index in [0.29, 0.717) is 6.04 Å². The highest BCUT2D eigenvalue weighted by molar-refractivity contribution is 4.81. The summed E-state index contributed by atoms with van der Waals surface area (Å²) in [6, 6.07) is 0.388. The van der Waals surface area contributed by atoms with Crippen molar-refractivity contribution in [3.8, 4) is 0 Å². The average molecular weight is 198 g/mol. The van der Waals surface area contributed by atoms with Crippen molar-refractivity contribution in [2.45, 2.75) is 45.1 Å². The van der Waals surface area contributed by atoms with E-state index >= 15 is 0 Å². The number of hydrogen-bond acceptors (Lipinski definition) is 2. The summed E-state index contributed by atoms with van der Waals surface area (Å²) in [6.45, 7) is 3.35. The van der Waals surface area contributed by atoms with Gasteiger partial charge in [0.15, 0.2) is 0 Å². The van der Waals surface area contributed by atoms with Gasteiger partial charge in [0, 0.05) is 12.6 Å². The topological polar surface area (TPSA) is 29.3 Å². The molecule has 3 atom stereocenters. The summed E-state index contributed by atoms with van der Waals surface area (Å²) >= 11 is 0. The molecule has 2 N–H and O–H groups in total. The predicted octanol–water partition coefficient (Wildman–Crippen LogP) is 2.09. The summed E-state index contributed by atoms with van der Waals surface area (Å²) in [6.07, 6.45) is 6.88. The highest BCUT2D eigenvalue weighted by atomic mass is 15.1. The minimum Gasteiger partial charge on any atom is -0.326 e. The van der Waals surface area contributed by atoms with Crippen LogP contribution >= 0.6 is 0 Å². The number of nitrogens with two attached hydrogens (primary N) is 1. The molecule has 2 nitrogen and oxygen atoms in total. The highest BCUT2D eigenvalue weighted by Crippen LogP contribution is 2.32. The molecule has 0 aromatic carbocycles. The second-order valence-corrected chi connectivity index (χ2v) is 5.13. The molecule has 2 heteroatoms. The summed E-state index contributed by atoms with van der Waals surface area (Å²) in [4.78, 5) is 2.21. The fourth-order valence-corrected chi connectivity index (χ4v) is 2.66. The van der Waals surface area contributed by atoms with Crippen LogP contribution in [0.4, 0.5) is 0 Å². The third kappa shape index (κ3) is 3.58. The van der Waals surface area contributed by atoms with Crippen LogP contribution in [0, 0.1) is 11.8 Å². The van der Waals surface area contributed by atoms with Crippen LogP contribution in [0.3, 0.4) is 0 Å². The number of likely N-dealkylation sites (N-methyl/N-ethyl adjacent to an activating group) is 1. The monoisotopic (exact) mass is 198 g/mol. The van der Waals surface area contributed by atoms with Crippen LogP contribution in [0.2, 0.25) is 0 Å². The summed E-state index contributed by atoms with van der Waals surface area (Å²) in [7, 11) is 4.22. The second kappa shape index (κ2) is 5.72. The lowest BCUT2D eigenvalue weighted by Gasteiger charge is -2.33. The van der Waals surface area contributed by atoms with E-state index in [1.807, 2.05) is 0 Å². The normalized spacial score (nSPS) is 30.6. The van der Waals surface area contributed by atoms with Gasteiger partial charge < -0.3 is 10.6 Å². The molecular weight excluding hydrogens is 172 g/mol. The van der Waals surface area contributed by atoms with Gasteiger partial charge in [0.05, 0.1) is 0 Å². The van der Waals surface area contributed by atoms with Crippen molar-refractivity contribution >= 4 is 0 Å². The fraction of sp³-hybridized carbons (Fsp3) is 1.00. The van der Waals surface area contributed by atoms with Gasteiger partial charge in [0.25, 0.3) is 0 Å². The van der Waals surface area contributed by atoms with Crippen molar-refractivity contribution in [3.05, 3.63) is 0 Å². The first-order chi connectivity index (χ1) is 6.63. The molecule has 0 aliphatic heterocycles. The third-order valence-corrected chi connectivity index (χ3v) is 3.58.